The summed E-state index contributed by atoms with van der Waals surface area (Å²) >= 11 is 5.95. The van der Waals surface area contributed by atoms with Crippen LogP contribution in [0.15, 0.2) is 41.3 Å². The van der Waals surface area contributed by atoms with Crippen molar-refractivity contribution in [3.05, 3.63) is 52.8 Å². The van der Waals surface area contributed by atoms with Gasteiger partial charge in [-0.05, 0) is 48.9 Å². The van der Waals surface area contributed by atoms with E-state index in [4.69, 9.17) is 16.3 Å². The van der Waals surface area contributed by atoms with Crippen LogP contribution in [0.1, 0.15) is 5.56 Å². The maximum Gasteiger partial charge on any atom is 0.241 e. The number of hydrogen-bond acceptors (Lipinski definition) is 4. The fraction of sp³-hybridized carbons (Fsp3) is 0.188. The number of carbonyl (C=O) groups is 1. The lowest BCUT2D eigenvalue weighted by Crippen LogP contribution is -2.33. The highest BCUT2D eigenvalue weighted by Crippen LogP contribution is 2.27. The Balaban J connectivity index is 2.01. The van der Waals surface area contributed by atoms with Crippen molar-refractivity contribution in [2.75, 3.05) is 19.0 Å². The highest BCUT2D eigenvalue weighted by atomic mass is 35.5. The Labute approximate surface area is 150 Å². The first-order chi connectivity index (χ1) is 11.7. The van der Waals surface area contributed by atoms with Crippen molar-refractivity contribution in [3.8, 4) is 5.75 Å². The molecule has 2 N–H and O–H groups in total. The van der Waals surface area contributed by atoms with Crippen LogP contribution in [0.4, 0.5) is 10.1 Å². The molecule has 0 unspecified atom stereocenters. The number of rotatable bonds is 6. The van der Waals surface area contributed by atoms with E-state index in [0.717, 1.165) is 12.1 Å². The van der Waals surface area contributed by atoms with Crippen LogP contribution in [0.5, 0.6) is 5.75 Å². The first-order valence-electron chi connectivity index (χ1n) is 7.12. The van der Waals surface area contributed by atoms with Gasteiger partial charge in [0.15, 0.2) is 0 Å². The van der Waals surface area contributed by atoms with Gasteiger partial charge < -0.3 is 10.1 Å². The normalized spacial score (nSPS) is 11.2. The average Bonchev–Trinajstić information content (AvgIpc) is 2.56. The molecular weight excluding hydrogens is 371 g/mol. The topological polar surface area (TPSA) is 84.5 Å². The summed E-state index contributed by atoms with van der Waals surface area (Å²) < 4.78 is 44.7. The summed E-state index contributed by atoms with van der Waals surface area (Å²) in [5.74, 6) is -0.635. The lowest BCUT2D eigenvalue weighted by atomic mass is 10.2. The van der Waals surface area contributed by atoms with Crippen molar-refractivity contribution in [2.45, 2.75) is 11.8 Å². The van der Waals surface area contributed by atoms with Gasteiger partial charge in [-0.25, -0.2) is 17.5 Å². The zero-order valence-electron chi connectivity index (χ0n) is 13.5. The summed E-state index contributed by atoms with van der Waals surface area (Å²) in [5.41, 5.74) is 0.591. The number of anilines is 1. The van der Waals surface area contributed by atoms with Gasteiger partial charge in [-0.2, -0.15) is 0 Å². The van der Waals surface area contributed by atoms with Crippen molar-refractivity contribution in [1.82, 2.24) is 4.72 Å². The van der Waals surface area contributed by atoms with Gasteiger partial charge >= 0.3 is 0 Å². The molecule has 0 bridgehead atoms. The van der Waals surface area contributed by atoms with Gasteiger partial charge in [0.2, 0.25) is 15.9 Å². The van der Waals surface area contributed by atoms with E-state index in [0.29, 0.717) is 16.5 Å². The van der Waals surface area contributed by atoms with Crippen molar-refractivity contribution in [1.29, 1.82) is 0 Å². The highest BCUT2D eigenvalue weighted by molar-refractivity contribution is 7.89. The zero-order chi connectivity index (χ0) is 18.6. The number of aryl methyl sites for hydroxylation is 1. The molecule has 2 aromatic carbocycles. The zero-order valence-corrected chi connectivity index (χ0v) is 15.0. The largest absolute Gasteiger partial charge is 0.495 e. The fourth-order valence-electron chi connectivity index (χ4n) is 1.98. The van der Waals surface area contributed by atoms with Crippen LogP contribution in [0, 0.1) is 12.7 Å². The van der Waals surface area contributed by atoms with Gasteiger partial charge in [0.25, 0.3) is 0 Å². The number of amides is 1. The van der Waals surface area contributed by atoms with Crippen molar-refractivity contribution < 1.29 is 22.3 Å². The SMILES string of the molecule is COc1ccc(NC(=O)CNS(=O)(=O)c2ccc(F)c(C)c2)cc1Cl. The lowest BCUT2D eigenvalue weighted by molar-refractivity contribution is -0.115. The molecule has 0 saturated heterocycles. The van der Waals surface area contributed by atoms with E-state index >= 15 is 0 Å². The molecule has 6 nitrogen and oxygen atoms in total. The molecule has 0 saturated carbocycles. The fourth-order valence-corrected chi connectivity index (χ4v) is 3.30. The Morgan fingerprint density at radius 2 is 1.96 bits per heavy atom. The maximum absolute atomic E-state index is 13.2. The smallest absolute Gasteiger partial charge is 0.241 e. The Bertz CT molecular complexity index is 903. The third-order valence-electron chi connectivity index (χ3n) is 3.30. The number of halogens is 2. The van der Waals surface area contributed by atoms with Gasteiger partial charge in [0.05, 0.1) is 23.6 Å². The maximum atomic E-state index is 13.2. The second-order valence-corrected chi connectivity index (χ2v) is 7.31. The van der Waals surface area contributed by atoms with E-state index in [1.165, 1.54) is 26.2 Å². The van der Waals surface area contributed by atoms with Crippen molar-refractivity contribution >= 4 is 33.2 Å². The number of ether oxygens (including phenoxy) is 1. The quantitative estimate of drug-likeness (QED) is 0.799. The Morgan fingerprint density at radius 1 is 1.24 bits per heavy atom. The Morgan fingerprint density at radius 3 is 2.56 bits per heavy atom. The standard InChI is InChI=1S/C16H16ClFN2O4S/c1-10-7-12(4-5-14(10)18)25(22,23)19-9-16(21)20-11-3-6-15(24-2)13(17)8-11/h3-8,19H,9H2,1-2H3,(H,20,21). The summed E-state index contributed by atoms with van der Waals surface area (Å²) in [4.78, 5) is 11.8. The molecule has 2 rings (SSSR count). The van der Waals surface area contributed by atoms with E-state index < -0.39 is 28.3 Å². The van der Waals surface area contributed by atoms with Crippen molar-refractivity contribution in [2.24, 2.45) is 0 Å². The molecule has 0 aliphatic rings. The van der Waals surface area contributed by atoms with Crippen LogP contribution in [-0.2, 0) is 14.8 Å². The third-order valence-corrected chi connectivity index (χ3v) is 4.99. The van der Waals surface area contributed by atoms with Crippen LogP contribution in [0.25, 0.3) is 0 Å². The van der Waals surface area contributed by atoms with E-state index in [1.807, 2.05) is 0 Å². The minimum Gasteiger partial charge on any atom is -0.495 e. The molecule has 134 valence electrons. The first kappa shape index (κ1) is 19.2. The van der Waals surface area contributed by atoms with Crippen LogP contribution >= 0.6 is 11.6 Å². The van der Waals surface area contributed by atoms with Gasteiger partial charge in [0, 0.05) is 5.69 Å². The molecular formula is C16H16ClFN2O4S. The molecule has 25 heavy (non-hydrogen) atoms. The van der Waals surface area contributed by atoms with Crippen LogP contribution in [0.2, 0.25) is 5.02 Å². The lowest BCUT2D eigenvalue weighted by Gasteiger charge is -2.10. The predicted octanol–water partition coefficient (Wildman–Crippen LogP) is 2.71. The Hall–Kier alpha value is -2.16. The molecule has 0 heterocycles. The van der Waals surface area contributed by atoms with Crippen molar-refractivity contribution in [3.63, 3.8) is 0 Å². The average molecular weight is 387 g/mol. The summed E-state index contributed by atoms with van der Waals surface area (Å²) in [6.07, 6.45) is 0. The predicted molar refractivity (Wildman–Crippen MR) is 93.0 cm³/mol. The van der Waals surface area contributed by atoms with Gasteiger partial charge in [-0.1, -0.05) is 11.6 Å². The molecule has 0 aliphatic carbocycles. The van der Waals surface area contributed by atoms with E-state index in [-0.39, 0.29) is 10.5 Å². The summed E-state index contributed by atoms with van der Waals surface area (Å²) in [7, 11) is -2.47. The Kier molecular flexibility index (Phi) is 5.99. The number of benzene rings is 2. The number of hydrogen-bond donors (Lipinski definition) is 2. The molecule has 0 aromatic heterocycles. The van der Waals surface area contributed by atoms with Crippen LogP contribution < -0.4 is 14.8 Å². The second kappa shape index (κ2) is 7.81. The van der Waals surface area contributed by atoms with E-state index in [1.54, 1.807) is 12.1 Å². The molecule has 9 heteroatoms. The molecule has 0 aliphatic heterocycles. The number of nitrogens with one attached hydrogen (secondary N) is 2. The molecule has 2 aromatic rings. The number of methoxy groups -OCH3 is 1. The first-order valence-corrected chi connectivity index (χ1v) is 8.98. The van der Waals surface area contributed by atoms with Gasteiger partial charge in [-0.3, -0.25) is 4.79 Å². The number of sulfonamides is 1. The van der Waals surface area contributed by atoms with Gasteiger partial charge in [0.1, 0.15) is 11.6 Å². The molecule has 0 radical (unpaired) electrons. The third kappa shape index (κ3) is 4.91. The van der Waals surface area contributed by atoms with E-state index in [9.17, 15) is 17.6 Å². The summed E-state index contributed by atoms with van der Waals surface area (Å²) in [5, 5.41) is 2.82. The second-order valence-electron chi connectivity index (χ2n) is 5.13. The summed E-state index contributed by atoms with van der Waals surface area (Å²) in [6, 6.07) is 8.01. The van der Waals surface area contributed by atoms with Crippen LogP contribution in [-0.4, -0.2) is 28.0 Å². The molecule has 1 amide bonds. The monoisotopic (exact) mass is 386 g/mol. The van der Waals surface area contributed by atoms with Gasteiger partial charge in [-0.15, -0.1) is 0 Å². The number of carbonyl (C=O) groups excluding carboxylic acids is 1. The molecule has 0 spiro atoms. The molecule has 0 atom stereocenters. The summed E-state index contributed by atoms with van der Waals surface area (Å²) in [6.45, 7) is 0.969. The van der Waals surface area contributed by atoms with E-state index in [2.05, 4.69) is 10.0 Å². The molecule has 0 fully saturated rings. The van der Waals surface area contributed by atoms with Crippen LogP contribution in [0.3, 0.4) is 0 Å². The minimum absolute atomic E-state index is 0.119. The highest BCUT2D eigenvalue weighted by Gasteiger charge is 2.17. The minimum atomic E-state index is -3.93.